The number of carbonyl (C=O) groups is 1. The predicted octanol–water partition coefficient (Wildman–Crippen LogP) is 4.75. The van der Waals surface area contributed by atoms with Gasteiger partial charge in [0.15, 0.2) is 0 Å². The molecule has 0 radical (unpaired) electrons. The molecule has 2 nitrogen and oxygen atoms in total. The Morgan fingerprint density at radius 2 is 2.00 bits per heavy atom. The highest BCUT2D eigenvalue weighted by atomic mass is 16.5. The van der Waals surface area contributed by atoms with Crippen molar-refractivity contribution in [2.75, 3.05) is 0 Å². The summed E-state index contributed by atoms with van der Waals surface area (Å²) >= 11 is 0. The van der Waals surface area contributed by atoms with Crippen molar-refractivity contribution in [2.24, 2.45) is 11.3 Å². The first kappa shape index (κ1) is 14.0. The van der Waals surface area contributed by atoms with Crippen molar-refractivity contribution < 1.29 is 9.53 Å². The summed E-state index contributed by atoms with van der Waals surface area (Å²) < 4.78 is 5.92. The molecule has 1 aliphatic heterocycles. The van der Waals surface area contributed by atoms with Crippen molar-refractivity contribution in [1.29, 1.82) is 0 Å². The molecule has 0 unspecified atom stereocenters. The Morgan fingerprint density at radius 1 is 1.18 bits per heavy atom. The smallest absolute Gasteiger partial charge is 0.339 e. The zero-order valence-corrected chi connectivity index (χ0v) is 13.3. The lowest BCUT2D eigenvalue weighted by Crippen LogP contribution is -2.51. The molecule has 2 aliphatic carbocycles. The molecule has 2 saturated carbocycles. The Labute approximate surface area is 132 Å². The van der Waals surface area contributed by atoms with E-state index in [9.17, 15) is 4.79 Å². The van der Waals surface area contributed by atoms with E-state index in [-0.39, 0.29) is 17.5 Å². The molecule has 0 amide bonds. The van der Waals surface area contributed by atoms with Crippen LogP contribution in [0.4, 0.5) is 0 Å². The molecule has 3 aliphatic rings. The van der Waals surface area contributed by atoms with Gasteiger partial charge >= 0.3 is 5.97 Å². The Hall–Kier alpha value is -1.57. The van der Waals surface area contributed by atoms with Gasteiger partial charge in [0.25, 0.3) is 0 Å². The molecule has 0 N–H and O–H groups in total. The molecule has 2 heteroatoms. The monoisotopic (exact) mass is 296 g/mol. The Bertz CT molecular complexity index is 616. The van der Waals surface area contributed by atoms with E-state index < -0.39 is 0 Å². The summed E-state index contributed by atoms with van der Waals surface area (Å²) in [6, 6.07) is 10.1. The molecular weight excluding hydrogens is 272 g/mol. The highest BCUT2D eigenvalue weighted by molar-refractivity contribution is 6.19. The third kappa shape index (κ3) is 1.82. The maximum Gasteiger partial charge on any atom is 0.339 e. The van der Waals surface area contributed by atoms with Gasteiger partial charge in [-0.15, -0.1) is 0 Å². The molecule has 1 aromatic carbocycles. The fourth-order valence-electron chi connectivity index (χ4n) is 5.05. The number of unbranched alkanes of at least 4 members (excludes halogenated alkanes) is 2. The number of ether oxygens (including phenoxy) is 1. The number of carbonyl (C=O) groups excluding carboxylic acids is 1. The predicted molar refractivity (Wildman–Crippen MR) is 87.2 cm³/mol. The van der Waals surface area contributed by atoms with Gasteiger partial charge in [-0.25, -0.2) is 4.79 Å². The average molecular weight is 296 g/mol. The van der Waals surface area contributed by atoms with Gasteiger partial charge in [-0.05, 0) is 42.7 Å². The van der Waals surface area contributed by atoms with E-state index >= 15 is 0 Å². The molecule has 22 heavy (non-hydrogen) atoms. The molecular formula is C20H24O2. The maximum atomic E-state index is 12.6. The van der Waals surface area contributed by atoms with Gasteiger partial charge in [0, 0.05) is 5.41 Å². The highest BCUT2D eigenvalue weighted by Gasteiger charge is 2.63. The topological polar surface area (TPSA) is 26.3 Å². The van der Waals surface area contributed by atoms with Crippen LogP contribution in [0.5, 0.6) is 0 Å². The lowest BCUT2D eigenvalue weighted by molar-refractivity contribution is -0.152. The molecule has 1 heterocycles. The fraction of sp³-hybridized carbons (Fsp3) is 0.550. The van der Waals surface area contributed by atoms with Crippen LogP contribution in [0, 0.1) is 11.3 Å². The lowest BCUT2D eigenvalue weighted by Gasteiger charge is -2.54. The van der Waals surface area contributed by atoms with Gasteiger partial charge in [0.1, 0.15) is 6.10 Å². The largest absolute Gasteiger partial charge is 0.458 e. The molecule has 2 fully saturated rings. The second-order valence-electron chi connectivity index (χ2n) is 7.09. The zero-order chi connectivity index (χ0) is 15.2. The van der Waals surface area contributed by atoms with Crippen LogP contribution in [-0.2, 0) is 9.53 Å². The quantitative estimate of drug-likeness (QED) is 0.579. The minimum absolute atomic E-state index is 0.0855. The summed E-state index contributed by atoms with van der Waals surface area (Å²) in [5, 5.41) is 0. The van der Waals surface area contributed by atoms with Crippen molar-refractivity contribution in [3.8, 4) is 0 Å². The van der Waals surface area contributed by atoms with Crippen LogP contribution in [0.2, 0.25) is 0 Å². The number of hydrogen-bond donors (Lipinski definition) is 0. The van der Waals surface area contributed by atoms with Crippen LogP contribution < -0.4 is 0 Å². The first-order chi connectivity index (χ1) is 10.8. The number of esters is 1. The van der Waals surface area contributed by atoms with Crippen LogP contribution in [0.3, 0.4) is 0 Å². The minimum atomic E-state index is -0.0855. The summed E-state index contributed by atoms with van der Waals surface area (Å²) in [7, 11) is 0. The molecule has 0 spiro atoms. The van der Waals surface area contributed by atoms with Crippen molar-refractivity contribution in [3.05, 3.63) is 41.5 Å². The van der Waals surface area contributed by atoms with Gasteiger partial charge in [0.2, 0.25) is 0 Å². The summed E-state index contributed by atoms with van der Waals surface area (Å²) in [5.41, 5.74) is 3.53. The Morgan fingerprint density at radius 3 is 2.77 bits per heavy atom. The number of hydrogen-bond acceptors (Lipinski definition) is 2. The van der Waals surface area contributed by atoms with Gasteiger partial charge in [-0.2, -0.15) is 0 Å². The van der Waals surface area contributed by atoms with Crippen molar-refractivity contribution in [1.82, 2.24) is 0 Å². The lowest BCUT2D eigenvalue weighted by atomic mass is 9.53. The van der Waals surface area contributed by atoms with E-state index in [4.69, 9.17) is 4.74 Å². The van der Waals surface area contributed by atoms with Gasteiger partial charge in [-0.3, -0.25) is 0 Å². The normalized spacial score (nSPS) is 32.5. The van der Waals surface area contributed by atoms with Crippen molar-refractivity contribution >= 4 is 11.5 Å². The molecule has 0 saturated heterocycles. The van der Waals surface area contributed by atoms with Crippen LogP contribution in [0.1, 0.15) is 57.4 Å². The third-order valence-electron chi connectivity index (χ3n) is 6.10. The van der Waals surface area contributed by atoms with E-state index in [2.05, 4.69) is 6.92 Å². The fourth-order valence-corrected chi connectivity index (χ4v) is 5.05. The van der Waals surface area contributed by atoms with Gasteiger partial charge in [0.05, 0.1) is 5.57 Å². The summed E-state index contributed by atoms with van der Waals surface area (Å²) in [5.74, 6) is 0.661. The van der Waals surface area contributed by atoms with E-state index in [1.807, 2.05) is 30.3 Å². The molecule has 1 aromatic rings. The third-order valence-corrected chi connectivity index (χ3v) is 6.10. The van der Waals surface area contributed by atoms with Crippen LogP contribution in [0.25, 0.3) is 5.57 Å². The number of benzene rings is 1. The van der Waals surface area contributed by atoms with E-state index in [1.54, 1.807) is 0 Å². The van der Waals surface area contributed by atoms with Crippen LogP contribution in [0.15, 0.2) is 35.9 Å². The van der Waals surface area contributed by atoms with E-state index in [1.165, 1.54) is 37.7 Å². The summed E-state index contributed by atoms with van der Waals surface area (Å²) in [4.78, 5) is 12.6. The average Bonchev–Trinajstić information content (AvgIpc) is 2.83. The Balaban J connectivity index is 1.76. The first-order valence-electron chi connectivity index (χ1n) is 8.77. The van der Waals surface area contributed by atoms with Gasteiger partial charge in [-0.1, -0.05) is 56.5 Å². The maximum absolute atomic E-state index is 12.6. The highest BCUT2D eigenvalue weighted by Crippen LogP contribution is 2.67. The standard InChI is InChI=1S/C20H24O2/c1-2-3-7-12-20-15-10-11-17(20)22-19(21)18(16(20)13-15)14-8-5-4-6-9-14/h4-6,8-9,15,17H,2-3,7,10-13H2,1H3/t15-,17-,20-/m1/s1. The van der Waals surface area contributed by atoms with E-state index in [0.717, 1.165) is 29.9 Å². The first-order valence-corrected chi connectivity index (χ1v) is 8.77. The summed E-state index contributed by atoms with van der Waals surface area (Å²) in [6.45, 7) is 2.25. The molecule has 116 valence electrons. The minimum Gasteiger partial charge on any atom is -0.458 e. The van der Waals surface area contributed by atoms with Crippen molar-refractivity contribution in [2.45, 2.75) is 58.0 Å². The van der Waals surface area contributed by atoms with Gasteiger partial charge < -0.3 is 4.74 Å². The van der Waals surface area contributed by atoms with E-state index in [0.29, 0.717) is 0 Å². The molecule has 0 aromatic heterocycles. The van der Waals surface area contributed by atoms with Crippen LogP contribution >= 0.6 is 0 Å². The molecule has 3 atom stereocenters. The molecule has 4 rings (SSSR count). The van der Waals surface area contributed by atoms with Crippen LogP contribution in [-0.4, -0.2) is 12.1 Å². The second-order valence-corrected chi connectivity index (χ2v) is 7.09. The second kappa shape index (κ2) is 5.26. The Kier molecular flexibility index (Phi) is 3.36. The molecule has 0 bridgehead atoms. The van der Waals surface area contributed by atoms with Crippen molar-refractivity contribution in [3.63, 3.8) is 0 Å². The zero-order valence-electron chi connectivity index (χ0n) is 13.3. The number of rotatable bonds is 5. The SMILES string of the molecule is CCCCC[C@@]12C3=C(c4ccccc4)C(=O)O[C@@H]1CC[C@@H]2C3. The summed E-state index contributed by atoms with van der Waals surface area (Å²) in [6.07, 6.45) is 8.55.